The molecule has 0 fully saturated rings. The van der Waals surface area contributed by atoms with Gasteiger partial charge in [0.1, 0.15) is 30.1 Å². The molecule has 10 nitrogen and oxygen atoms in total. The minimum absolute atomic E-state index is 0.142. The van der Waals surface area contributed by atoms with E-state index in [0.29, 0.717) is 35.0 Å². The zero-order chi connectivity index (χ0) is 35.1. The molecule has 1 unspecified atom stereocenters. The van der Waals surface area contributed by atoms with E-state index in [-0.39, 0.29) is 17.9 Å². The zero-order valence-corrected chi connectivity index (χ0v) is 29.7. The fraction of sp³-hybridized carbons (Fsp3) is 0.289. The predicted molar refractivity (Wildman–Crippen MR) is 195 cm³/mol. The second-order valence-electron chi connectivity index (χ2n) is 13.0. The van der Waals surface area contributed by atoms with Crippen LogP contribution in [0.3, 0.4) is 0 Å². The Morgan fingerprint density at radius 3 is 2.35 bits per heavy atom. The SMILES string of the molecule is CC(C)c1ccc2c(Nc3cc(C(=O)N(C)C(C)COc4ccccc4)ccc3Sc3ccc(NC(=O)OC(C)(C)C)cc3)ncnc2n1. The van der Waals surface area contributed by atoms with Crippen LogP contribution in [0.25, 0.3) is 11.0 Å². The minimum atomic E-state index is -0.596. The molecule has 2 aromatic heterocycles. The molecule has 254 valence electrons. The highest BCUT2D eigenvalue weighted by molar-refractivity contribution is 7.99. The third-order valence-corrected chi connectivity index (χ3v) is 8.62. The van der Waals surface area contributed by atoms with Crippen LogP contribution in [0.2, 0.25) is 0 Å². The maximum atomic E-state index is 13.8. The van der Waals surface area contributed by atoms with Gasteiger partial charge in [-0.3, -0.25) is 10.1 Å². The molecule has 0 aliphatic heterocycles. The molecule has 0 aliphatic rings. The number of hydrogen-bond acceptors (Lipinski definition) is 9. The topological polar surface area (TPSA) is 119 Å². The molecule has 0 radical (unpaired) electrons. The number of para-hydroxylation sites is 1. The molecule has 0 spiro atoms. The van der Waals surface area contributed by atoms with Crippen molar-refractivity contribution in [3.63, 3.8) is 0 Å². The van der Waals surface area contributed by atoms with Gasteiger partial charge in [-0.15, -0.1) is 0 Å². The summed E-state index contributed by atoms with van der Waals surface area (Å²) in [6.45, 7) is 11.9. The van der Waals surface area contributed by atoms with Gasteiger partial charge in [0.05, 0.1) is 17.1 Å². The molecule has 5 aromatic rings. The van der Waals surface area contributed by atoms with E-state index >= 15 is 0 Å². The van der Waals surface area contributed by atoms with E-state index in [1.54, 1.807) is 11.9 Å². The third-order valence-electron chi connectivity index (χ3n) is 7.53. The lowest BCUT2D eigenvalue weighted by molar-refractivity contribution is 0.0634. The van der Waals surface area contributed by atoms with Gasteiger partial charge in [0.2, 0.25) is 0 Å². The summed E-state index contributed by atoms with van der Waals surface area (Å²) in [4.78, 5) is 43.2. The number of nitrogens with one attached hydrogen (secondary N) is 2. The van der Waals surface area contributed by atoms with Crippen LogP contribution in [0, 0.1) is 0 Å². The summed E-state index contributed by atoms with van der Waals surface area (Å²) in [5.41, 5.74) is 2.76. The monoisotopic (exact) mass is 678 g/mol. The van der Waals surface area contributed by atoms with Crippen molar-refractivity contribution in [3.8, 4) is 5.75 Å². The van der Waals surface area contributed by atoms with E-state index < -0.39 is 11.7 Å². The smallest absolute Gasteiger partial charge is 0.412 e. The molecule has 2 heterocycles. The molecule has 5 rings (SSSR count). The Kier molecular flexibility index (Phi) is 11.0. The number of aromatic nitrogens is 3. The molecule has 1 atom stereocenters. The quantitative estimate of drug-likeness (QED) is 0.141. The summed E-state index contributed by atoms with van der Waals surface area (Å²) in [7, 11) is 1.78. The number of ether oxygens (including phenoxy) is 2. The van der Waals surface area contributed by atoms with E-state index in [0.717, 1.165) is 26.6 Å². The Hall–Kier alpha value is -5.16. The zero-order valence-electron chi connectivity index (χ0n) is 28.9. The number of benzene rings is 3. The molecule has 3 aromatic carbocycles. The number of anilines is 3. The van der Waals surface area contributed by atoms with Crippen LogP contribution < -0.4 is 15.4 Å². The number of pyridine rings is 1. The first kappa shape index (κ1) is 35.2. The lowest BCUT2D eigenvalue weighted by atomic mass is 10.1. The predicted octanol–water partition coefficient (Wildman–Crippen LogP) is 8.93. The van der Waals surface area contributed by atoms with Crippen LogP contribution >= 0.6 is 11.8 Å². The van der Waals surface area contributed by atoms with Crippen molar-refractivity contribution in [3.05, 3.63) is 103 Å². The van der Waals surface area contributed by atoms with Gasteiger partial charge in [-0.1, -0.05) is 43.8 Å². The molecule has 49 heavy (non-hydrogen) atoms. The van der Waals surface area contributed by atoms with Crippen LogP contribution in [0.4, 0.5) is 22.0 Å². The third kappa shape index (κ3) is 9.48. The maximum Gasteiger partial charge on any atom is 0.412 e. The summed E-state index contributed by atoms with van der Waals surface area (Å²) >= 11 is 1.51. The van der Waals surface area contributed by atoms with Crippen LogP contribution in [0.5, 0.6) is 5.75 Å². The Balaban J connectivity index is 1.41. The second-order valence-corrected chi connectivity index (χ2v) is 14.1. The molecule has 0 bridgehead atoms. The standard InChI is InChI=1S/C38H42N6O4S/c1-24(2)31-19-18-30-34(42-31)39-23-40-35(30)43-32-21-26(36(45)44(7)25(3)22-47-28-11-9-8-10-12-28)13-20-33(32)49-29-16-14-27(15-17-29)41-37(46)48-38(4,5)6/h8-21,23-25H,22H2,1-7H3,(H,41,46)(H,39,40,42,43). The van der Waals surface area contributed by atoms with Gasteiger partial charge in [-0.2, -0.15) is 0 Å². The first-order chi connectivity index (χ1) is 23.4. The van der Waals surface area contributed by atoms with Crippen molar-refractivity contribution in [2.24, 2.45) is 0 Å². The lowest BCUT2D eigenvalue weighted by Crippen LogP contribution is -2.38. The fourth-order valence-corrected chi connectivity index (χ4v) is 5.64. The highest BCUT2D eigenvalue weighted by Gasteiger charge is 2.21. The molecular weight excluding hydrogens is 637 g/mol. The van der Waals surface area contributed by atoms with Crippen molar-refractivity contribution in [2.75, 3.05) is 24.3 Å². The Morgan fingerprint density at radius 1 is 0.918 bits per heavy atom. The number of carbonyl (C=O) groups excluding carboxylic acids is 2. The van der Waals surface area contributed by atoms with Crippen LogP contribution in [-0.4, -0.2) is 57.1 Å². The van der Waals surface area contributed by atoms with E-state index in [1.165, 1.54) is 18.1 Å². The number of likely N-dealkylation sites (N-methyl/N-ethyl adjacent to an activating group) is 1. The van der Waals surface area contributed by atoms with Gasteiger partial charge in [0, 0.05) is 33.8 Å². The van der Waals surface area contributed by atoms with Crippen LogP contribution in [0.15, 0.2) is 101 Å². The van der Waals surface area contributed by atoms with Gasteiger partial charge in [-0.05, 0) is 100 Å². The van der Waals surface area contributed by atoms with Gasteiger partial charge < -0.3 is 19.7 Å². The van der Waals surface area contributed by atoms with E-state index in [9.17, 15) is 9.59 Å². The number of fused-ring (bicyclic) bond motifs is 1. The van der Waals surface area contributed by atoms with Gasteiger partial charge >= 0.3 is 6.09 Å². The van der Waals surface area contributed by atoms with Crippen molar-refractivity contribution >= 4 is 52.0 Å². The van der Waals surface area contributed by atoms with Crippen molar-refractivity contribution in [1.29, 1.82) is 0 Å². The van der Waals surface area contributed by atoms with E-state index in [1.807, 2.05) is 113 Å². The summed E-state index contributed by atoms with van der Waals surface area (Å²) in [5, 5.41) is 7.00. The van der Waals surface area contributed by atoms with Crippen LogP contribution in [-0.2, 0) is 4.74 Å². The molecule has 0 saturated carbocycles. The molecule has 0 saturated heterocycles. The number of carbonyl (C=O) groups is 2. The molecule has 2 N–H and O–H groups in total. The van der Waals surface area contributed by atoms with Gasteiger partial charge in [-0.25, -0.2) is 19.7 Å². The first-order valence-corrected chi connectivity index (χ1v) is 16.9. The van der Waals surface area contributed by atoms with Crippen molar-refractivity contribution in [1.82, 2.24) is 19.9 Å². The summed E-state index contributed by atoms with van der Waals surface area (Å²) in [6.07, 6.45) is 0.972. The normalized spacial score (nSPS) is 12.0. The summed E-state index contributed by atoms with van der Waals surface area (Å²) < 4.78 is 11.3. The molecular formula is C38H42N6O4S. The fourth-order valence-electron chi connectivity index (χ4n) is 4.76. The molecule has 11 heteroatoms. The van der Waals surface area contributed by atoms with Crippen molar-refractivity contribution in [2.45, 2.75) is 68.9 Å². The second kappa shape index (κ2) is 15.4. The van der Waals surface area contributed by atoms with Gasteiger partial charge in [0.25, 0.3) is 5.91 Å². The number of amides is 2. The number of nitrogens with zero attached hydrogens (tertiary/aromatic N) is 4. The molecule has 2 amide bonds. The Morgan fingerprint density at radius 2 is 1.65 bits per heavy atom. The Labute approximate surface area is 291 Å². The Bertz CT molecular complexity index is 1910. The van der Waals surface area contributed by atoms with Crippen LogP contribution in [0.1, 0.15) is 63.5 Å². The average molecular weight is 679 g/mol. The highest BCUT2D eigenvalue weighted by atomic mass is 32.2. The largest absolute Gasteiger partial charge is 0.491 e. The summed E-state index contributed by atoms with van der Waals surface area (Å²) in [6, 6.07) is 26.4. The number of rotatable bonds is 11. The lowest BCUT2D eigenvalue weighted by Gasteiger charge is -2.25. The molecule has 0 aliphatic carbocycles. The summed E-state index contributed by atoms with van der Waals surface area (Å²) in [5.74, 6) is 1.44. The highest BCUT2D eigenvalue weighted by Crippen LogP contribution is 2.37. The van der Waals surface area contributed by atoms with Gasteiger partial charge in [0.15, 0.2) is 5.65 Å². The van der Waals surface area contributed by atoms with E-state index in [2.05, 4.69) is 34.4 Å². The maximum absolute atomic E-state index is 13.8. The number of hydrogen-bond donors (Lipinski definition) is 2. The average Bonchev–Trinajstić information content (AvgIpc) is 3.07. The van der Waals surface area contributed by atoms with Crippen molar-refractivity contribution < 1.29 is 19.1 Å². The first-order valence-electron chi connectivity index (χ1n) is 16.1. The van der Waals surface area contributed by atoms with E-state index in [4.69, 9.17) is 14.5 Å². The minimum Gasteiger partial charge on any atom is -0.491 e.